The van der Waals surface area contributed by atoms with Gasteiger partial charge in [0, 0.05) is 6.07 Å². The normalized spacial score (nSPS) is 10.1. The van der Waals surface area contributed by atoms with Gasteiger partial charge in [-0.2, -0.15) is 0 Å². The van der Waals surface area contributed by atoms with Crippen LogP contribution in [0.15, 0.2) is 30.3 Å². The zero-order valence-corrected chi connectivity index (χ0v) is 11.9. The molecule has 2 N–H and O–H groups in total. The zero-order valence-electron chi connectivity index (χ0n) is 10.3. The molecule has 0 radical (unpaired) electrons. The van der Waals surface area contributed by atoms with Crippen LogP contribution in [-0.2, 0) is 0 Å². The van der Waals surface area contributed by atoms with Gasteiger partial charge in [-0.3, -0.25) is 4.79 Å². The number of carbonyl (C=O) groups excluding carboxylic acids is 1. The molecule has 0 aliphatic rings. The van der Waals surface area contributed by atoms with Crippen molar-refractivity contribution in [3.05, 3.63) is 45.1 Å². The Kier molecular flexibility index (Phi) is 4.26. The third kappa shape index (κ3) is 3.09. The molecule has 0 fully saturated rings. The van der Waals surface area contributed by atoms with Crippen LogP contribution in [-0.4, -0.2) is 24.1 Å². The third-order valence-electron chi connectivity index (χ3n) is 2.46. The maximum Gasteiger partial charge on any atom is 0.345 e. The Bertz CT molecular complexity index is 668. The van der Waals surface area contributed by atoms with Gasteiger partial charge in [-0.1, -0.05) is 11.6 Å². The first-order valence-electron chi connectivity index (χ1n) is 5.49. The summed E-state index contributed by atoms with van der Waals surface area (Å²) in [5.41, 5.74) is 0.404. The fraction of sp³-hybridized carbons (Fsp3) is 0.0769. The van der Waals surface area contributed by atoms with Gasteiger partial charge in [0.15, 0.2) is 0 Å². The van der Waals surface area contributed by atoms with Crippen molar-refractivity contribution in [2.45, 2.75) is 0 Å². The molecular weight excluding hydrogens is 302 g/mol. The van der Waals surface area contributed by atoms with Crippen LogP contribution in [0.5, 0.6) is 5.75 Å². The van der Waals surface area contributed by atoms with Crippen molar-refractivity contribution >= 4 is 40.5 Å². The molecule has 2 rings (SSSR count). The molecule has 1 aromatic carbocycles. The molecule has 2 aromatic rings. The second-order valence-corrected chi connectivity index (χ2v) is 5.26. The number of aromatic carboxylic acids is 1. The van der Waals surface area contributed by atoms with Crippen LogP contribution < -0.4 is 10.1 Å². The highest BCUT2D eigenvalue weighted by Gasteiger charge is 2.14. The number of ether oxygens (including phenoxy) is 1. The summed E-state index contributed by atoms with van der Waals surface area (Å²) in [5, 5.41) is 11.8. The highest BCUT2D eigenvalue weighted by atomic mass is 35.5. The maximum absolute atomic E-state index is 12.0. The van der Waals surface area contributed by atoms with E-state index in [2.05, 4.69) is 5.32 Å². The molecule has 0 saturated heterocycles. The first kappa shape index (κ1) is 14.4. The highest BCUT2D eigenvalue weighted by Crippen LogP contribution is 2.27. The van der Waals surface area contributed by atoms with Crippen LogP contribution in [0.3, 0.4) is 0 Å². The fourth-order valence-electron chi connectivity index (χ4n) is 1.49. The number of nitrogens with one attached hydrogen (secondary N) is 1. The van der Waals surface area contributed by atoms with Crippen LogP contribution in [0, 0.1) is 0 Å². The summed E-state index contributed by atoms with van der Waals surface area (Å²) in [6, 6.07) is 7.71. The number of hydrogen-bond acceptors (Lipinski definition) is 4. The maximum atomic E-state index is 12.0. The number of thiophene rings is 1. The van der Waals surface area contributed by atoms with Gasteiger partial charge in [0.1, 0.15) is 10.6 Å². The number of rotatable bonds is 4. The van der Waals surface area contributed by atoms with Gasteiger partial charge in [0.2, 0.25) is 0 Å². The van der Waals surface area contributed by atoms with Crippen LogP contribution in [0.2, 0.25) is 5.02 Å². The van der Waals surface area contributed by atoms with Gasteiger partial charge in [0.25, 0.3) is 5.91 Å². The Morgan fingerprint density at radius 1 is 1.25 bits per heavy atom. The molecule has 0 saturated carbocycles. The smallest absolute Gasteiger partial charge is 0.345 e. The van der Waals surface area contributed by atoms with Gasteiger partial charge >= 0.3 is 5.97 Å². The van der Waals surface area contributed by atoms with Gasteiger partial charge in [-0.15, -0.1) is 11.3 Å². The largest absolute Gasteiger partial charge is 0.497 e. The molecule has 7 heteroatoms. The van der Waals surface area contributed by atoms with E-state index in [0.29, 0.717) is 21.3 Å². The molecule has 5 nitrogen and oxygen atoms in total. The number of halogens is 1. The van der Waals surface area contributed by atoms with Crippen molar-refractivity contribution in [1.29, 1.82) is 0 Å². The second kappa shape index (κ2) is 5.94. The molecule has 1 aromatic heterocycles. The zero-order chi connectivity index (χ0) is 14.7. The number of carboxylic acids is 1. The summed E-state index contributed by atoms with van der Waals surface area (Å²) in [6.45, 7) is 0. The van der Waals surface area contributed by atoms with Crippen molar-refractivity contribution in [2.24, 2.45) is 0 Å². The van der Waals surface area contributed by atoms with E-state index in [1.165, 1.54) is 19.2 Å². The number of hydrogen-bond donors (Lipinski definition) is 2. The van der Waals surface area contributed by atoms with Gasteiger partial charge in [0.05, 0.1) is 22.7 Å². The average Bonchev–Trinajstić information content (AvgIpc) is 2.91. The van der Waals surface area contributed by atoms with E-state index in [1.54, 1.807) is 18.2 Å². The Hall–Kier alpha value is -2.05. The highest BCUT2D eigenvalue weighted by molar-refractivity contribution is 7.16. The first-order chi connectivity index (χ1) is 9.51. The lowest BCUT2D eigenvalue weighted by Gasteiger charge is -2.08. The van der Waals surface area contributed by atoms with E-state index in [4.69, 9.17) is 21.4 Å². The lowest BCUT2D eigenvalue weighted by atomic mass is 10.3. The van der Waals surface area contributed by atoms with Crippen molar-refractivity contribution < 1.29 is 19.4 Å². The van der Waals surface area contributed by atoms with Crippen molar-refractivity contribution in [1.82, 2.24) is 0 Å². The molecule has 0 bridgehead atoms. The number of anilines is 1. The molecule has 1 amide bonds. The summed E-state index contributed by atoms with van der Waals surface area (Å²) in [7, 11) is 1.51. The molecule has 0 aliphatic heterocycles. The quantitative estimate of drug-likeness (QED) is 0.907. The van der Waals surface area contributed by atoms with Gasteiger partial charge in [-0.25, -0.2) is 4.79 Å². The molecule has 0 spiro atoms. The van der Waals surface area contributed by atoms with Gasteiger partial charge in [-0.05, 0) is 24.3 Å². The third-order valence-corrected chi connectivity index (χ3v) is 3.86. The van der Waals surface area contributed by atoms with Crippen LogP contribution in [0.4, 0.5) is 5.69 Å². The number of methoxy groups -OCH3 is 1. The van der Waals surface area contributed by atoms with Crippen molar-refractivity contribution in [3.8, 4) is 5.75 Å². The van der Waals surface area contributed by atoms with E-state index in [9.17, 15) is 9.59 Å². The summed E-state index contributed by atoms with van der Waals surface area (Å²) in [5.74, 6) is -0.923. The monoisotopic (exact) mass is 311 g/mol. The predicted molar refractivity (Wildman–Crippen MR) is 77.2 cm³/mol. The molecule has 0 atom stereocenters. The second-order valence-electron chi connectivity index (χ2n) is 3.77. The van der Waals surface area contributed by atoms with Crippen molar-refractivity contribution in [3.63, 3.8) is 0 Å². The summed E-state index contributed by atoms with van der Waals surface area (Å²) in [6.07, 6.45) is 0. The Labute approximate surface area is 123 Å². The minimum Gasteiger partial charge on any atom is -0.497 e. The van der Waals surface area contributed by atoms with E-state index in [0.717, 1.165) is 11.3 Å². The molecule has 20 heavy (non-hydrogen) atoms. The van der Waals surface area contributed by atoms with Crippen LogP contribution in [0.25, 0.3) is 0 Å². The standard InChI is InChI=1S/C13H10ClNO4S/c1-19-7-2-3-8(14)9(6-7)15-12(16)10-4-5-11(20-10)13(17)18/h2-6H,1H3,(H,15,16)(H,17,18). The lowest BCUT2D eigenvalue weighted by Crippen LogP contribution is -2.10. The number of carboxylic acid groups (broad SMARTS) is 1. The molecule has 1 heterocycles. The predicted octanol–water partition coefficient (Wildman–Crippen LogP) is 3.36. The van der Waals surface area contributed by atoms with E-state index in [1.807, 2.05) is 0 Å². The van der Waals surface area contributed by atoms with E-state index in [-0.39, 0.29) is 4.88 Å². The number of amides is 1. The minimum absolute atomic E-state index is 0.104. The van der Waals surface area contributed by atoms with Crippen LogP contribution >= 0.6 is 22.9 Å². The molecule has 0 unspecified atom stereocenters. The Balaban J connectivity index is 2.20. The average molecular weight is 312 g/mol. The Morgan fingerprint density at radius 2 is 1.95 bits per heavy atom. The SMILES string of the molecule is COc1ccc(Cl)c(NC(=O)c2ccc(C(=O)O)s2)c1. The van der Waals surface area contributed by atoms with Crippen molar-refractivity contribution in [2.75, 3.05) is 12.4 Å². The summed E-state index contributed by atoms with van der Waals surface area (Å²) < 4.78 is 5.05. The molecule has 0 aliphatic carbocycles. The first-order valence-corrected chi connectivity index (χ1v) is 6.68. The Morgan fingerprint density at radius 3 is 2.55 bits per heavy atom. The fourth-order valence-corrected chi connectivity index (χ4v) is 2.39. The number of carbonyl (C=O) groups is 2. The van der Waals surface area contributed by atoms with E-state index >= 15 is 0 Å². The summed E-state index contributed by atoms with van der Waals surface area (Å²) >= 11 is 6.88. The van der Waals surface area contributed by atoms with Gasteiger partial charge < -0.3 is 15.2 Å². The lowest BCUT2D eigenvalue weighted by molar-refractivity contribution is 0.0702. The molecular formula is C13H10ClNO4S. The minimum atomic E-state index is -1.06. The number of benzene rings is 1. The topological polar surface area (TPSA) is 75.6 Å². The van der Waals surface area contributed by atoms with Crippen LogP contribution in [0.1, 0.15) is 19.3 Å². The molecule has 104 valence electrons. The summed E-state index contributed by atoms with van der Waals surface area (Å²) in [4.78, 5) is 23.2. The van der Waals surface area contributed by atoms with E-state index < -0.39 is 11.9 Å².